The first kappa shape index (κ1) is 96.3. The van der Waals surface area contributed by atoms with Crippen LogP contribution in [0.2, 0.25) is 0 Å². The van der Waals surface area contributed by atoms with Crippen molar-refractivity contribution in [2.24, 2.45) is 22.0 Å². The molecule has 1 amide bonds. The molecule has 3 radical (unpaired) electrons. The molecule has 5 aromatic carbocycles. The molecule has 95 heavy (non-hydrogen) atoms. The van der Waals surface area contributed by atoms with Crippen molar-refractivity contribution < 1.29 is 155 Å². The molecule has 0 aromatic heterocycles. The molecule has 26 nitrogen and oxygen atoms in total. The molecule has 0 aliphatic carbocycles. The smallest absolute Gasteiger partial charge is 0.793 e. The number of carbonyl (C=O) groups is 7. The minimum absolute atomic E-state index is 0. The van der Waals surface area contributed by atoms with Crippen molar-refractivity contribution in [3.8, 4) is 0 Å². The Morgan fingerprint density at radius 2 is 0.958 bits per heavy atom. The van der Waals surface area contributed by atoms with Gasteiger partial charge in [-0.3, -0.25) is 44.7 Å². The second-order valence-electron chi connectivity index (χ2n) is 22.5. The third kappa shape index (κ3) is 47.2. The van der Waals surface area contributed by atoms with Gasteiger partial charge < -0.3 is 48.3 Å². The van der Waals surface area contributed by atoms with Gasteiger partial charge in [0, 0.05) is 87.3 Å². The number of nitro groups is 3. The molecule has 33 heteroatoms. The zero-order chi connectivity index (χ0) is 72.4. The summed E-state index contributed by atoms with van der Waals surface area (Å²) in [6.45, 7) is 28.9. The number of aldehydes is 1. The number of nitrogens with zero attached hydrogens (tertiary/aromatic N) is 4. The fourth-order valence-electron chi connectivity index (χ4n) is 5.58. The number of rotatable bonds is 15. The number of benzene rings is 5. The molecule has 0 heterocycles. The van der Waals surface area contributed by atoms with Crippen LogP contribution in [0.3, 0.4) is 0 Å². The van der Waals surface area contributed by atoms with Crippen LogP contribution in [-0.4, -0.2) is 88.0 Å². The first-order chi connectivity index (χ1) is 43.0. The molecule has 0 aliphatic heterocycles. The summed E-state index contributed by atoms with van der Waals surface area (Å²) >= 11 is 4.97. The van der Waals surface area contributed by atoms with Gasteiger partial charge >= 0.3 is 99.6 Å². The quantitative estimate of drug-likeness (QED) is 0.0296. The second kappa shape index (κ2) is 51.0. The molecule has 0 fully saturated rings. The van der Waals surface area contributed by atoms with Gasteiger partial charge in [-0.15, -0.1) is 0 Å². The summed E-state index contributed by atoms with van der Waals surface area (Å²) in [5.41, 5.74) is 6.20. The van der Waals surface area contributed by atoms with Crippen molar-refractivity contribution in [3.05, 3.63) is 191 Å². The van der Waals surface area contributed by atoms with Crippen molar-refractivity contribution in [1.29, 1.82) is 0 Å². The van der Waals surface area contributed by atoms with E-state index < -0.39 is 78.7 Å². The molecule has 0 saturated carbocycles. The number of ether oxygens (including phenoxy) is 2. The Bertz CT molecular complexity index is 3140. The molecule has 0 aliphatic rings. The van der Waals surface area contributed by atoms with Crippen LogP contribution in [0.4, 0.5) is 39.8 Å². The van der Waals surface area contributed by atoms with Gasteiger partial charge in [-0.25, -0.2) is 29.0 Å². The number of nitrogens with two attached hydrogens (primary N) is 1. The maximum atomic E-state index is 13.6. The minimum Gasteiger partial charge on any atom is -0.793 e. The summed E-state index contributed by atoms with van der Waals surface area (Å²) in [4.78, 5) is 112. The Hall–Kier alpha value is -7.39. The van der Waals surface area contributed by atoms with E-state index in [1.54, 1.807) is 6.07 Å². The molecule has 0 spiro atoms. The largest absolute Gasteiger partial charge is 1.00 e. The van der Waals surface area contributed by atoms with Gasteiger partial charge in [0.15, 0.2) is 0 Å². The van der Waals surface area contributed by atoms with Gasteiger partial charge in [0.2, 0.25) is 23.4 Å². The Kier molecular flexibility index (Phi) is 51.7. The summed E-state index contributed by atoms with van der Waals surface area (Å²) in [7, 11) is 4.32. The summed E-state index contributed by atoms with van der Waals surface area (Å²) in [5, 5.41) is 43.5. The average Bonchev–Trinajstić information content (AvgIpc) is 0.851. The molecular weight excluding hydrogens is 1300 g/mol. The Balaban J connectivity index is -0.000000350. The van der Waals surface area contributed by atoms with Crippen molar-refractivity contribution in [2.45, 2.75) is 148 Å². The van der Waals surface area contributed by atoms with E-state index in [-0.39, 0.29) is 119 Å². The van der Waals surface area contributed by atoms with E-state index in [9.17, 15) is 72.3 Å². The number of carbonyl (C=O) groups excluding carboxylic acids is 7. The summed E-state index contributed by atoms with van der Waals surface area (Å²) < 4.78 is 53.0. The molecule has 0 unspecified atom stereocenters. The monoisotopic (exact) mass is 1380 g/mol. The van der Waals surface area contributed by atoms with Crippen LogP contribution in [0.1, 0.15) is 136 Å². The topological polar surface area (TPSA) is 369 Å². The van der Waals surface area contributed by atoms with Gasteiger partial charge in [0.25, 0.3) is 6.47 Å². The molecule has 5 rings (SSSR count). The van der Waals surface area contributed by atoms with E-state index in [1.807, 2.05) is 95.3 Å². The van der Waals surface area contributed by atoms with Crippen molar-refractivity contribution in [1.82, 2.24) is 10.2 Å². The maximum Gasteiger partial charge on any atom is 1.00 e. The first-order valence-corrected chi connectivity index (χ1v) is 27.9. The van der Waals surface area contributed by atoms with Crippen molar-refractivity contribution in [3.63, 3.8) is 0 Å². The van der Waals surface area contributed by atoms with Crippen LogP contribution in [0, 0.1) is 64.0 Å². The van der Waals surface area contributed by atoms with E-state index in [0.29, 0.717) is 30.0 Å². The van der Waals surface area contributed by atoms with Gasteiger partial charge in [-0.05, 0) is 83.5 Å². The Morgan fingerprint density at radius 1 is 0.600 bits per heavy atom. The van der Waals surface area contributed by atoms with Gasteiger partial charge in [0.05, 0.1) is 14.8 Å². The number of halogens is 4. The number of nitro benzene ring substituents is 3. The minimum atomic E-state index is -0.939. The number of hydrogen-bond acceptors (Lipinski definition) is 22. The van der Waals surface area contributed by atoms with E-state index in [0.717, 1.165) is 55.3 Å². The van der Waals surface area contributed by atoms with Gasteiger partial charge in [0.1, 0.15) is 19.5 Å². The maximum absolute atomic E-state index is 13.6. The van der Waals surface area contributed by atoms with E-state index in [1.165, 1.54) is 30.0 Å². The predicted molar refractivity (Wildman–Crippen MR) is 335 cm³/mol. The number of nitrogens with one attached hydrogen (secondary N) is 1. The fraction of sp³-hybridized carbons (Fsp3) is 0.403. The molecular formula is C62H80BClF3N6Na2O20. The van der Waals surface area contributed by atoms with Crippen molar-refractivity contribution in [2.75, 3.05) is 0 Å². The summed E-state index contributed by atoms with van der Waals surface area (Å²) in [6, 6.07) is 29.6. The summed E-state index contributed by atoms with van der Waals surface area (Å²) in [6.07, 6.45) is -0.106. The van der Waals surface area contributed by atoms with Crippen LogP contribution in [0.25, 0.3) is 0 Å². The average molecular weight is 1380 g/mol. The number of hydrogen-bond donors (Lipinski definition) is 2. The van der Waals surface area contributed by atoms with E-state index in [2.05, 4.69) is 85.9 Å². The van der Waals surface area contributed by atoms with E-state index >= 15 is 0 Å². The predicted octanol–water partition coefficient (Wildman–Crippen LogP) is 6.16. The van der Waals surface area contributed by atoms with Crippen LogP contribution in [0.15, 0.2) is 115 Å². The molecule has 3 atom stereocenters. The zero-order valence-corrected chi connectivity index (χ0v) is 61.1. The number of amides is 1. The molecule has 0 bridgehead atoms. The van der Waals surface area contributed by atoms with Crippen molar-refractivity contribution >= 4 is 78.9 Å². The van der Waals surface area contributed by atoms with Gasteiger partial charge in [-0.2, -0.15) is 13.2 Å². The molecule has 3 N–H and O–H groups in total. The van der Waals surface area contributed by atoms with Crippen LogP contribution >= 0.6 is 11.6 Å². The van der Waals surface area contributed by atoms with E-state index in [4.69, 9.17) is 32.1 Å². The summed E-state index contributed by atoms with van der Waals surface area (Å²) in [5.74, 6) is -4.39. The first-order valence-electron chi connectivity index (χ1n) is 27.5. The third-order valence-corrected chi connectivity index (χ3v) is 12.3. The zero-order valence-electron chi connectivity index (χ0n) is 56.3. The molecule has 5 aromatic rings. The van der Waals surface area contributed by atoms with Crippen LogP contribution in [0.5, 0.6) is 0 Å². The van der Waals surface area contributed by atoms with Gasteiger partial charge in [-0.1, -0.05) is 135 Å². The fourth-order valence-corrected chi connectivity index (χ4v) is 5.64. The van der Waals surface area contributed by atoms with Crippen LogP contribution < -0.4 is 75.4 Å². The third-order valence-electron chi connectivity index (χ3n) is 12.2. The Morgan fingerprint density at radius 3 is 1.27 bits per heavy atom. The Labute approximate surface area is 600 Å². The normalized spacial score (nSPS) is 10.9. The second-order valence-corrected chi connectivity index (χ2v) is 22.8. The molecule has 511 valence electrons. The molecule has 0 saturated heterocycles. The van der Waals surface area contributed by atoms with Crippen LogP contribution in [-0.2, 0) is 74.3 Å². The standard InChI is InChI=1S/C21H25FN2O4.C13H19FN2O2.C8H7ClO2.C7H4FNO3.C6H15N.C4H6O4.C2H3BO2.CH2O3.2Na/c1-15(21(2,3)4)23(20(25)28-14-16-8-6-5-7-9-16)13-17-10-11-18(22)19(12-17)24(26)27;1-9(13(2,3)4)15-8-10-5-6-11(14)12(7-10)16(17)18;9-8(10)11-6-7-4-2-1-3-5-7;8-6-2-1-5(4-10)3-7(6)9(11)12;1-5(7)6(2,3)4;1-3(5)7-8-4(2)6;1-2(4)5-3;2-1-4-3;;/h5-12,15H,13-14H2,1-4H3;5-7,9,15H,8H2,1-4H3;1-5H,6H2;1-4H;5H,7H2,1-4H3;1-2H3;1H3;1,3H;;/q;;;;;;-1;;2*+1/p-1/t15-;9-;;;5-;;;;;/m00..0...../s1. The SMILES string of the molecule is CC(=O)OOC(C)=O.C[C@H](N(Cc1ccc(F)c([N+](=O)[O-])c1)C(=O)OCc1ccccc1)C(C)(C)C.C[C@H](N)C(C)(C)C.C[C@H](NCc1ccc(F)c([N+](=O)[O-])c1)C(C)(C)C.O=C(Cl)OCc1ccccc1.O=CO[O-].O=Cc1ccc(F)c([N+](=O)[O-])c1.[B-]OC(C)=O.[Na+].[Na+].